The van der Waals surface area contributed by atoms with Gasteiger partial charge in [-0.05, 0) is 30.3 Å². The zero-order valence-electron chi connectivity index (χ0n) is 13.2. The summed E-state index contributed by atoms with van der Waals surface area (Å²) in [5, 5.41) is 2.43. The first-order chi connectivity index (χ1) is 12.1. The summed E-state index contributed by atoms with van der Waals surface area (Å²) in [5.41, 5.74) is 0.789. The fraction of sp³-hybridized carbons (Fsp3) is 0.167. The van der Waals surface area contributed by atoms with E-state index in [9.17, 15) is 14.4 Å². The monoisotopic (exact) mass is 341 g/mol. The smallest absolute Gasteiger partial charge is 0.325 e. The summed E-state index contributed by atoms with van der Waals surface area (Å²) in [6.07, 6.45) is 0. The number of rotatable bonds is 6. The summed E-state index contributed by atoms with van der Waals surface area (Å²) in [6.45, 7) is -0.620. The summed E-state index contributed by atoms with van der Waals surface area (Å²) in [6, 6.07) is 13.2. The number of benzene rings is 2. The van der Waals surface area contributed by atoms with E-state index in [0.717, 1.165) is 0 Å². The Balaban J connectivity index is 1.46. The number of ether oxygens (including phenoxy) is 3. The molecule has 0 saturated carbocycles. The molecule has 0 aromatic heterocycles. The van der Waals surface area contributed by atoms with Gasteiger partial charge < -0.3 is 19.5 Å². The van der Waals surface area contributed by atoms with Crippen LogP contribution in [0.4, 0.5) is 0 Å². The molecule has 3 rings (SSSR count). The van der Waals surface area contributed by atoms with Crippen LogP contribution < -0.4 is 14.8 Å². The van der Waals surface area contributed by atoms with Crippen LogP contribution in [0.2, 0.25) is 0 Å². The topological polar surface area (TPSA) is 90.9 Å². The molecule has 0 spiro atoms. The second-order valence-corrected chi connectivity index (χ2v) is 5.20. The number of Topliss-reactive ketones (excluding diaryl/α,β-unsaturated/α-hetero) is 1. The Morgan fingerprint density at radius 2 is 1.72 bits per heavy atom. The highest BCUT2D eigenvalue weighted by atomic mass is 16.7. The van der Waals surface area contributed by atoms with E-state index in [-0.39, 0.29) is 25.0 Å². The van der Waals surface area contributed by atoms with Gasteiger partial charge in [0.15, 0.2) is 23.9 Å². The van der Waals surface area contributed by atoms with Gasteiger partial charge in [0, 0.05) is 11.1 Å². The maximum Gasteiger partial charge on any atom is 0.325 e. The van der Waals surface area contributed by atoms with E-state index in [0.29, 0.717) is 22.6 Å². The zero-order valence-corrected chi connectivity index (χ0v) is 13.2. The van der Waals surface area contributed by atoms with Crippen molar-refractivity contribution in [3.8, 4) is 11.5 Å². The minimum Gasteiger partial charge on any atom is -0.456 e. The van der Waals surface area contributed by atoms with Crippen LogP contribution in [0, 0.1) is 0 Å². The molecule has 0 radical (unpaired) electrons. The zero-order chi connectivity index (χ0) is 17.6. The van der Waals surface area contributed by atoms with Crippen LogP contribution in [-0.2, 0) is 9.53 Å². The molecule has 1 aliphatic rings. The first kappa shape index (κ1) is 16.5. The normalized spacial score (nSPS) is 11.7. The number of amides is 1. The Morgan fingerprint density at radius 3 is 2.52 bits per heavy atom. The van der Waals surface area contributed by atoms with Gasteiger partial charge in [-0.15, -0.1) is 0 Å². The summed E-state index contributed by atoms with van der Waals surface area (Å²) in [4.78, 5) is 35.5. The number of hydrogen-bond acceptors (Lipinski definition) is 6. The molecule has 1 N–H and O–H groups in total. The summed E-state index contributed by atoms with van der Waals surface area (Å²) in [5.74, 6) is -0.413. The van der Waals surface area contributed by atoms with E-state index in [1.807, 2.05) is 0 Å². The molecule has 0 atom stereocenters. The first-order valence-electron chi connectivity index (χ1n) is 7.55. The Bertz CT molecular complexity index is 802. The average molecular weight is 341 g/mol. The quantitative estimate of drug-likeness (QED) is 0.633. The van der Waals surface area contributed by atoms with Crippen LogP contribution in [-0.4, -0.2) is 37.6 Å². The van der Waals surface area contributed by atoms with Crippen LogP contribution in [0.5, 0.6) is 11.5 Å². The maximum absolute atomic E-state index is 12.0. The molecule has 0 saturated heterocycles. The molecular formula is C18H15NO6. The van der Waals surface area contributed by atoms with E-state index in [2.05, 4.69) is 5.32 Å². The number of esters is 1. The van der Waals surface area contributed by atoms with Gasteiger partial charge >= 0.3 is 5.97 Å². The molecule has 1 heterocycles. The van der Waals surface area contributed by atoms with E-state index in [1.54, 1.807) is 42.5 Å². The Kier molecular flexibility index (Phi) is 4.94. The van der Waals surface area contributed by atoms with Gasteiger partial charge in [0.25, 0.3) is 5.91 Å². The Hall–Kier alpha value is -3.35. The van der Waals surface area contributed by atoms with Gasteiger partial charge in [0.1, 0.15) is 6.54 Å². The molecule has 7 heteroatoms. The van der Waals surface area contributed by atoms with Gasteiger partial charge in [-0.3, -0.25) is 14.4 Å². The molecule has 25 heavy (non-hydrogen) atoms. The second-order valence-electron chi connectivity index (χ2n) is 5.20. The van der Waals surface area contributed by atoms with Crippen molar-refractivity contribution in [2.75, 3.05) is 19.9 Å². The fourth-order valence-electron chi connectivity index (χ4n) is 2.19. The molecule has 0 bridgehead atoms. The molecule has 2 aromatic rings. The number of ketones is 1. The number of carbonyl (C=O) groups excluding carboxylic acids is 3. The van der Waals surface area contributed by atoms with Crippen molar-refractivity contribution in [1.29, 1.82) is 0 Å². The largest absolute Gasteiger partial charge is 0.456 e. The van der Waals surface area contributed by atoms with E-state index < -0.39 is 12.6 Å². The van der Waals surface area contributed by atoms with Crippen molar-refractivity contribution < 1.29 is 28.6 Å². The van der Waals surface area contributed by atoms with Gasteiger partial charge in [0.05, 0.1) is 0 Å². The van der Waals surface area contributed by atoms with Crippen molar-refractivity contribution in [1.82, 2.24) is 5.32 Å². The van der Waals surface area contributed by atoms with Gasteiger partial charge in [-0.25, -0.2) is 0 Å². The lowest BCUT2D eigenvalue weighted by Crippen LogP contribution is -2.31. The van der Waals surface area contributed by atoms with Crippen molar-refractivity contribution in [2.45, 2.75) is 0 Å². The molecular weight excluding hydrogens is 326 g/mol. The van der Waals surface area contributed by atoms with Crippen LogP contribution in [0.3, 0.4) is 0 Å². The van der Waals surface area contributed by atoms with Gasteiger partial charge in [-0.2, -0.15) is 0 Å². The summed E-state index contributed by atoms with van der Waals surface area (Å²) < 4.78 is 15.2. The number of carbonyl (C=O) groups is 3. The fourth-order valence-corrected chi connectivity index (χ4v) is 2.19. The number of nitrogens with one attached hydrogen (secondary N) is 1. The predicted octanol–water partition coefficient (Wildman–Crippen LogP) is 1.57. The van der Waals surface area contributed by atoms with Crippen molar-refractivity contribution >= 4 is 17.7 Å². The highest BCUT2D eigenvalue weighted by molar-refractivity contribution is 5.99. The third-order valence-electron chi connectivity index (χ3n) is 3.49. The summed E-state index contributed by atoms with van der Waals surface area (Å²) >= 11 is 0. The first-order valence-corrected chi connectivity index (χ1v) is 7.55. The lowest BCUT2D eigenvalue weighted by molar-refractivity contribution is -0.141. The lowest BCUT2D eigenvalue weighted by atomic mass is 10.1. The highest BCUT2D eigenvalue weighted by Gasteiger charge is 2.17. The van der Waals surface area contributed by atoms with E-state index >= 15 is 0 Å². The number of hydrogen-bond donors (Lipinski definition) is 1. The highest BCUT2D eigenvalue weighted by Crippen LogP contribution is 2.32. The molecule has 7 nitrogen and oxygen atoms in total. The third kappa shape index (κ3) is 4.14. The van der Waals surface area contributed by atoms with Gasteiger partial charge in [0.2, 0.25) is 6.79 Å². The van der Waals surface area contributed by atoms with Crippen molar-refractivity contribution in [3.63, 3.8) is 0 Å². The molecule has 0 fully saturated rings. The molecule has 0 unspecified atom stereocenters. The lowest BCUT2D eigenvalue weighted by Gasteiger charge is -2.07. The Labute approximate surface area is 143 Å². The third-order valence-corrected chi connectivity index (χ3v) is 3.49. The minimum atomic E-state index is -0.696. The predicted molar refractivity (Wildman–Crippen MR) is 86.6 cm³/mol. The number of fused-ring (bicyclic) bond motifs is 1. The van der Waals surface area contributed by atoms with Crippen LogP contribution in [0.25, 0.3) is 0 Å². The second kappa shape index (κ2) is 7.48. The van der Waals surface area contributed by atoms with E-state index in [4.69, 9.17) is 14.2 Å². The average Bonchev–Trinajstić information content (AvgIpc) is 3.12. The van der Waals surface area contributed by atoms with E-state index in [1.165, 1.54) is 6.07 Å². The van der Waals surface area contributed by atoms with Crippen molar-refractivity contribution in [2.24, 2.45) is 0 Å². The van der Waals surface area contributed by atoms with Gasteiger partial charge in [-0.1, -0.05) is 18.2 Å². The van der Waals surface area contributed by atoms with Crippen LogP contribution >= 0.6 is 0 Å². The van der Waals surface area contributed by atoms with Crippen LogP contribution in [0.15, 0.2) is 48.5 Å². The van der Waals surface area contributed by atoms with Crippen molar-refractivity contribution in [3.05, 3.63) is 59.7 Å². The molecule has 2 aromatic carbocycles. The molecule has 1 aliphatic heterocycles. The maximum atomic E-state index is 12.0. The SMILES string of the molecule is O=C(CNC(=O)c1ccccc1)OCC(=O)c1ccc2c(c1)OCO2. The standard InChI is InChI=1S/C18H15NO6/c20-14(13-6-7-15-16(8-13)25-11-24-15)10-23-17(21)9-19-18(22)12-4-2-1-3-5-12/h1-8H,9-11H2,(H,19,22). The molecule has 1 amide bonds. The Morgan fingerprint density at radius 1 is 0.960 bits per heavy atom. The molecule has 0 aliphatic carbocycles. The molecule has 128 valence electrons. The minimum absolute atomic E-state index is 0.114. The summed E-state index contributed by atoms with van der Waals surface area (Å²) in [7, 11) is 0. The van der Waals surface area contributed by atoms with Crippen LogP contribution in [0.1, 0.15) is 20.7 Å².